The SMILES string of the molecule is Cc1cccc(-c2ccc(N3CCCC(C(=O)Nc4ccc(Br)c(C)c4)C3)nn2)c1. The van der Waals surface area contributed by atoms with E-state index in [1.807, 2.05) is 49.4 Å². The van der Waals surface area contributed by atoms with Crippen LogP contribution in [-0.4, -0.2) is 29.2 Å². The summed E-state index contributed by atoms with van der Waals surface area (Å²) < 4.78 is 1.04. The first-order chi connectivity index (χ1) is 14.5. The minimum atomic E-state index is -0.0686. The predicted molar refractivity (Wildman–Crippen MR) is 125 cm³/mol. The van der Waals surface area contributed by atoms with Crippen molar-refractivity contribution < 1.29 is 4.79 Å². The highest BCUT2D eigenvalue weighted by Gasteiger charge is 2.27. The van der Waals surface area contributed by atoms with E-state index in [9.17, 15) is 4.79 Å². The minimum Gasteiger partial charge on any atom is -0.354 e. The van der Waals surface area contributed by atoms with Crippen LogP contribution in [0.2, 0.25) is 0 Å². The van der Waals surface area contributed by atoms with E-state index in [0.29, 0.717) is 6.54 Å². The van der Waals surface area contributed by atoms with Crippen LogP contribution in [0.5, 0.6) is 0 Å². The Morgan fingerprint density at radius 3 is 2.70 bits per heavy atom. The van der Waals surface area contributed by atoms with Gasteiger partial charge in [0.25, 0.3) is 0 Å². The Labute approximate surface area is 185 Å². The molecule has 1 aromatic heterocycles. The van der Waals surface area contributed by atoms with E-state index in [1.165, 1.54) is 5.56 Å². The monoisotopic (exact) mass is 464 g/mol. The summed E-state index contributed by atoms with van der Waals surface area (Å²) in [5, 5.41) is 11.9. The molecule has 5 nitrogen and oxygen atoms in total. The predicted octanol–water partition coefficient (Wildman–Crippen LogP) is 5.38. The molecule has 1 unspecified atom stereocenters. The van der Waals surface area contributed by atoms with Gasteiger partial charge < -0.3 is 10.2 Å². The second kappa shape index (κ2) is 8.96. The first kappa shape index (κ1) is 20.5. The molecule has 1 atom stereocenters. The average Bonchev–Trinajstić information content (AvgIpc) is 2.76. The topological polar surface area (TPSA) is 58.1 Å². The summed E-state index contributed by atoms with van der Waals surface area (Å²) >= 11 is 3.50. The summed E-state index contributed by atoms with van der Waals surface area (Å²) in [6.07, 6.45) is 1.84. The first-order valence-electron chi connectivity index (χ1n) is 10.2. The van der Waals surface area contributed by atoms with Crippen molar-refractivity contribution in [2.75, 3.05) is 23.3 Å². The standard InChI is InChI=1S/C24H25BrN4O/c1-16-5-3-6-18(13-16)22-10-11-23(28-27-22)29-12-4-7-19(15-29)24(30)26-20-8-9-21(25)17(2)14-20/h3,5-6,8-11,13-14,19H,4,7,12,15H2,1-2H3,(H,26,30). The molecule has 2 aromatic carbocycles. The molecule has 30 heavy (non-hydrogen) atoms. The number of benzene rings is 2. The summed E-state index contributed by atoms with van der Waals surface area (Å²) in [7, 11) is 0. The van der Waals surface area contributed by atoms with E-state index in [-0.39, 0.29) is 11.8 Å². The van der Waals surface area contributed by atoms with Crippen LogP contribution >= 0.6 is 15.9 Å². The van der Waals surface area contributed by atoms with Gasteiger partial charge in [0.2, 0.25) is 5.91 Å². The molecule has 6 heteroatoms. The third-order valence-corrected chi connectivity index (χ3v) is 6.40. The van der Waals surface area contributed by atoms with Crippen LogP contribution in [-0.2, 0) is 4.79 Å². The van der Waals surface area contributed by atoms with Gasteiger partial charge in [0.05, 0.1) is 11.6 Å². The molecular formula is C24H25BrN4O. The molecular weight excluding hydrogens is 440 g/mol. The van der Waals surface area contributed by atoms with Gasteiger partial charge in [-0.1, -0.05) is 39.7 Å². The van der Waals surface area contributed by atoms with Crippen LogP contribution in [0.25, 0.3) is 11.3 Å². The van der Waals surface area contributed by atoms with Crippen molar-refractivity contribution in [1.29, 1.82) is 0 Å². The average molecular weight is 465 g/mol. The lowest BCUT2D eigenvalue weighted by molar-refractivity contribution is -0.120. The zero-order valence-electron chi connectivity index (χ0n) is 17.2. The minimum absolute atomic E-state index is 0.0609. The summed E-state index contributed by atoms with van der Waals surface area (Å²) in [4.78, 5) is 15.0. The van der Waals surface area contributed by atoms with Crippen LogP contribution in [0.1, 0.15) is 24.0 Å². The van der Waals surface area contributed by atoms with E-state index in [0.717, 1.165) is 52.2 Å². The van der Waals surface area contributed by atoms with E-state index in [2.05, 4.69) is 55.4 Å². The first-order valence-corrected chi connectivity index (χ1v) is 11.0. The van der Waals surface area contributed by atoms with E-state index < -0.39 is 0 Å². The Bertz CT molecular complexity index is 1050. The van der Waals surface area contributed by atoms with Crippen LogP contribution in [0.3, 0.4) is 0 Å². The molecule has 1 saturated heterocycles. The second-order valence-electron chi connectivity index (χ2n) is 7.88. The van der Waals surface area contributed by atoms with Gasteiger partial charge in [0.15, 0.2) is 5.82 Å². The number of amides is 1. The van der Waals surface area contributed by atoms with E-state index >= 15 is 0 Å². The Morgan fingerprint density at radius 2 is 1.97 bits per heavy atom. The highest BCUT2D eigenvalue weighted by atomic mass is 79.9. The molecule has 0 radical (unpaired) electrons. The largest absolute Gasteiger partial charge is 0.354 e. The zero-order chi connectivity index (χ0) is 21.1. The number of anilines is 2. The molecule has 1 amide bonds. The fraction of sp³-hybridized carbons (Fsp3) is 0.292. The zero-order valence-corrected chi connectivity index (χ0v) is 18.8. The number of halogens is 1. The Kier molecular flexibility index (Phi) is 6.13. The van der Waals surface area contributed by atoms with Crippen LogP contribution in [0, 0.1) is 19.8 Å². The normalized spacial score (nSPS) is 16.4. The van der Waals surface area contributed by atoms with Gasteiger partial charge in [-0.05, 0) is 68.7 Å². The molecule has 0 saturated carbocycles. The Morgan fingerprint density at radius 1 is 1.10 bits per heavy atom. The summed E-state index contributed by atoms with van der Waals surface area (Å²) in [6.45, 7) is 5.63. The van der Waals surface area contributed by atoms with Crippen LogP contribution < -0.4 is 10.2 Å². The Balaban J connectivity index is 1.43. The van der Waals surface area contributed by atoms with Gasteiger partial charge in [-0.2, -0.15) is 0 Å². The number of nitrogens with one attached hydrogen (secondary N) is 1. The van der Waals surface area contributed by atoms with Gasteiger partial charge in [-0.3, -0.25) is 4.79 Å². The summed E-state index contributed by atoms with van der Waals surface area (Å²) in [5.74, 6) is 0.815. The molecule has 2 heterocycles. The van der Waals surface area contributed by atoms with Crippen LogP contribution in [0.4, 0.5) is 11.5 Å². The number of carbonyl (C=O) groups is 1. The maximum atomic E-state index is 12.8. The van der Waals surface area contributed by atoms with Gasteiger partial charge in [0.1, 0.15) is 0 Å². The third kappa shape index (κ3) is 4.70. The number of piperidine rings is 1. The quantitative estimate of drug-likeness (QED) is 0.562. The van der Waals surface area contributed by atoms with Crippen molar-refractivity contribution >= 4 is 33.3 Å². The number of aromatic nitrogens is 2. The molecule has 1 aliphatic heterocycles. The summed E-state index contributed by atoms with van der Waals surface area (Å²) in [5.41, 5.74) is 5.06. The molecule has 3 aromatic rings. The maximum Gasteiger partial charge on any atom is 0.229 e. The van der Waals surface area contributed by atoms with Gasteiger partial charge in [-0.25, -0.2) is 0 Å². The smallest absolute Gasteiger partial charge is 0.229 e. The molecule has 4 rings (SSSR count). The molecule has 0 bridgehead atoms. The number of rotatable bonds is 4. The van der Waals surface area contributed by atoms with E-state index in [1.54, 1.807) is 0 Å². The number of hydrogen-bond donors (Lipinski definition) is 1. The fourth-order valence-corrected chi connectivity index (χ4v) is 4.06. The van der Waals surface area contributed by atoms with Crippen LogP contribution in [0.15, 0.2) is 59.1 Å². The fourth-order valence-electron chi connectivity index (χ4n) is 3.82. The molecule has 1 N–H and O–H groups in total. The molecule has 1 fully saturated rings. The van der Waals surface area contributed by atoms with Crippen molar-refractivity contribution in [1.82, 2.24) is 10.2 Å². The van der Waals surface area contributed by atoms with Crippen molar-refractivity contribution in [3.63, 3.8) is 0 Å². The summed E-state index contributed by atoms with van der Waals surface area (Å²) in [6, 6.07) is 18.1. The van der Waals surface area contributed by atoms with Gasteiger partial charge >= 0.3 is 0 Å². The molecule has 0 aliphatic carbocycles. The number of aryl methyl sites for hydroxylation is 2. The highest BCUT2D eigenvalue weighted by molar-refractivity contribution is 9.10. The van der Waals surface area contributed by atoms with Crippen molar-refractivity contribution in [2.45, 2.75) is 26.7 Å². The van der Waals surface area contributed by atoms with Crippen molar-refractivity contribution in [3.8, 4) is 11.3 Å². The lowest BCUT2D eigenvalue weighted by atomic mass is 9.97. The van der Waals surface area contributed by atoms with Gasteiger partial charge in [0, 0.05) is 28.8 Å². The number of nitrogens with zero attached hydrogens (tertiary/aromatic N) is 3. The number of carbonyl (C=O) groups excluding carboxylic acids is 1. The molecule has 0 spiro atoms. The third-order valence-electron chi connectivity index (χ3n) is 5.51. The number of hydrogen-bond acceptors (Lipinski definition) is 4. The Hall–Kier alpha value is -2.73. The second-order valence-corrected chi connectivity index (χ2v) is 8.74. The highest BCUT2D eigenvalue weighted by Crippen LogP contribution is 2.25. The molecule has 1 aliphatic rings. The van der Waals surface area contributed by atoms with E-state index in [4.69, 9.17) is 0 Å². The lowest BCUT2D eigenvalue weighted by Gasteiger charge is -2.32. The van der Waals surface area contributed by atoms with Crippen molar-refractivity contribution in [2.24, 2.45) is 5.92 Å². The lowest BCUT2D eigenvalue weighted by Crippen LogP contribution is -2.41. The van der Waals surface area contributed by atoms with Gasteiger partial charge in [-0.15, -0.1) is 10.2 Å². The molecule has 154 valence electrons. The van der Waals surface area contributed by atoms with Crippen molar-refractivity contribution in [3.05, 3.63) is 70.2 Å². The maximum absolute atomic E-state index is 12.8.